The molecule has 0 spiro atoms. The summed E-state index contributed by atoms with van der Waals surface area (Å²) in [7, 11) is 2.93. The monoisotopic (exact) mass is 326 g/mol. The largest absolute Gasteiger partial charge is 0.497 e. The van der Waals surface area contributed by atoms with Gasteiger partial charge >= 0.3 is 5.97 Å². The van der Waals surface area contributed by atoms with Gasteiger partial charge < -0.3 is 9.47 Å². The van der Waals surface area contributed by atoms with Crippen molar-refractivity contribution in [3.05, 3.63) is 53.7 Å². The molecule has 0 saturated carbocycles. The normalized spacial score (nSPS) is 10.0. The molecule has 5 nitrogen and oxygen atoms in total. The Kier molecular flexibility index (Phi) is 5.58. The Morgan fingerprint density at radius 3 is 2.46 bits per heavy atom. The van der Waals surface area contributed by atoms with Crippen LogP contribution >= 0.6 is 0 Å². The molecule has 1 aromatic heterocycles. The molecule has 2 aromatic carbocycles. The highest BCUT2D eigenvalue weighted by Crippen LogP contribution is 2.27. The van der Waals surface area contributed by atoms with E-state index in [9.17, 15) is 4.79 Å². The number of carbonyl (C=O) groups is 1. The lowest BCUT2D eigenvalue weighted by molar-refractivity contribution is 0.0595. The van der Waals surface area contributed by atoms with E-state index in [1.165, 1.54) is 7.11 Å². The van der Waals surface area contributed by atoms with Gasteiger partial charge in [-0.05, 0) is 42.8 Å². The van der Waals surface area contributed by atoms with Crippen molar-refractivity contribution in [1.29, 1.82) is 0 Å². The van der Waals surface area contributed by atoms with Crippen LogP contribution in [0.3, 0.4) is 0 Å². The molecular weight excluding hydrogens is 304 g/mol. The third-order valence-corrected chi connectivity index (χ3v) is 3.51. The van der Waals surface area contributed by atoms with Crippen LogP contribution < -0.4 is 4.74 Å². The number of aromatic nitrogens is 2. The summed E-state index contributed by atoms with van der Waals surface area (Å²) in [5.74, 6) is 0.200. The number of hydrogen-bond acceptors (Lipinski definition) is 4. The van der Waals surface area contributed by atoms with Crippen molar-refractivity contribution in [2.24, 2.45) is 0 Å². The van der Waals surface area contributed by atoms with Crippen LogP contribution in [0.5, 0.6) is 5.75 Å². The van der Waals surface area contributed by atoms with Gasteiger partial charge in [0.05, 0.1) is 25.4 Å². The van der Waals surface area contributed by atoms with Gasteiger partial charge in [0.1, 0.15) is 5.75 Å². The van der Waals surface area contributed by atoms with Gasteiger partial charge in [-0.2, -0.15) is 5.10 Å². The van der Waals surface area contributed by atoms with Crippen LogP contribution in [0.15, 0.2) is 42.5 Å². The van der Waals surface area contributed by atoms with Crippen molar-refractivity contribution in [3.63, 3.8) is 0 Å². The minimum Gasteiger partial charge on any atom is -0.497 e. The van der Waals surface area contributed by atoms with E-state index in [1.54, 1.807) is 17.9 Å². The Balaban J connectivity index is 0.00000100. The van der Waals surface area contributed by atoms with Gasteiger partial charge in [0.15, 0.2) is 5.69 Å². The topological polar surface area (TPSA) is 53.3 Å². The number of benzene rings is 2. The average Bonchev–Trinajstić information content (AvgIpc) is 3.01. The number of nitrogens with zero attached hydrogens (tertiary/aromatic N) is 2. The van der Waals surface area contributed by atoms with Crippen molar-refractivity contribution in [2.45, 2.75) is 20.8 Å². The van der Waals surface area contributed by atoms with Crippen LogP contribution in [0.4, 0.5) is 0 Å². The first kappa shape index (κ1) is 17.5. The van der Waals surface area contributed by atoms with Gasteiger partial charge in [-0.1, -0.05) is 26.0 Å². The van der Waals surface area contributed by atoms with E-state index in [1.807, 2.05) is 57.2 Å². The molecule has 3 aromatic rings. The molecule has 0 radical (unpaired) electrons. The first-order valence-corrected chi connectivity index (χ1v) is 7.86. The average molecular weight is 326 g/mol. The number of aryl methyl sites for hydroxylation is 1. The molecule has 0 amide bonds. The van der Waals surface area contributed by atoms with Gasteiger partial charge in [-0.25, -0.2) is 9.48 Å². The number of esters is 1. The molecule has 0 fully saturated rings. The zero-order valence-electron chi connectivity index (χ0n) is 14.7. The molecule has 0 aliphatic carbocycles. The second kappa shape index (κ2) is 7.64. The quantitative estimate of drug-likeness (QED) is 0.678. The lowest BCUT2D eigenvalue weighted by atomic mass is 10.2. The summed E-state index contributed by atoms with van der Waals surface area (Å²) in [4.78, 5) is 12.0. The molecule has 0 aliphatic rings. The number of methoxy groups -OCH3 is 2. The van der Waals surface area contributed by atoms with Gasteiger partial charge in [0, 0.05) is 5.39 Å². The van der Waals surface area contributed by atoms with E-state index in [-0.39, 0.29) is 5.69 Å². The summed E-state index contributed by atoms with van der Waals surface area (Å²) in [6, 6.07) is 13.5. The minimum absolute atomic E-state index is 0.276. The van der Waals surface area contributed by atoms with Gasteiger partial charge in [0.2, 0.25) is 0 Å². The second-order valence-corrected chi connectivity index (χ2v) is 4.97. The zero-order chi connectivity index (χ0) is 17.7. The maximum Gasteiger partial charge on any atom is 0.359 e. The Labute approximate surface area is 141 Å². The Hall–Kier alpha value is -2.82. The Morgan fingerprint density at radius 2 is 1.83 bits per heavy atom. The van der Waals surface area contributed by atoms with Crippen molar-refractivity contribution in [3.8, 4) is 11.4 Å². The first-order valence-electron chi connectivity index (χ1n) is 7.86. The third kappa shape index (κ3) is 3.25. The molecule has 24 heavy (non-hydrogen) atoms. The number of ether oxygens (including phenoxy) is 2. The van der Waals surface area contributed by atoms with E-state index in [0.717, 1.165) is 16.8 Å². The first-order chi connectivity index (χ1) is 11.6. The highest BCUT2D eigenvalue weighted by atomic mass is 16.5. The molecule has 0 aliphatic heterocycles. The lowest BCUT2D eigenvalue weighted by Crippen LogP contribution is -2.04. The smallest absolute Gasteiger partial charge is 0.359 e. The van der Waals surface area contributed by atoms with E-state index in [2.05, 4.69) is 5.10 Å². The van der Waals surface area contributed by atoms with E-state index < -0.39 is 5.97 Å². The molecule has 1 heterocycles. The number of fused-ring (bicyclic) bond motifs is 1. The summed E-state index contributed by atoms with van der Waals surface area (Å²) in [5, 5.41) is 5.13. The van der Waals surface area contributed by atoms with Crippen LogP contribution in [0.25, 0.3) is 16.6 Å². The molecule has 0 bridgehead atoms. The fourth-order valence-corrected chi connectivity index (χ4v) is 2.43. The SMILES string of the molecule is CC.COC(=O)c1nn(-c2cccc(C)c2)c2ccc(OC)cc12. The van der Waals surface area contributed by atoms with E-state index >= 15 is 0 Å². The third-order valence-electron chi connectivity index (χ3n) is 3.51. The van der Waals surface area contributed by atoms with Crippen molar-refractivity contribution < 1.29 is 14.3 Å². The highest BCUT2D eigenvalue weighted by molar-refractivity contribution is 6.03. The molecule has 3 rings (SSSR count). The molecule has 0 atom stereocenters. The molecule has 0 saturated heterocycles. The van der Waals surface area contributed by atoms with Gasteiger partial charge in [-0.15, -0.1) is 0 Å². The van der Waals surface area contributed by atoms with Crippen LogP contribution in [-0.2, 0) is 4.74 Å². The predicted octanol–water partition coefficient (Wildman–Crippen LogP) is 4.16. The Bertz CT molecular complexity index is 853. The lowest BCUT2D eigenvalue weighted by Gasteiger charge is -2.05. The van der Waals surface area contributed by atoms with Crippen LogP contribution in [0, 0.1) is 6.92 Å². The standard InChI is InChI=1S/C17H16N2O3.C2H6/c1-11-5-4-6-12(9-11)19-15-8-7-13(21-2)10-14(15)16(18-19)17(20)22-3;1-2/h4-10H,1-3H3;1-2H3. The zero-order valence-corrected chi connectivity index (χ0v) is 14.7. The van der Waals surface area contributed by atoms with Crippen LogP contribution in [0.2, 0.25) is 0 Å². The van der Waals surface area contributed by atoms with Gasteiger partial charge in [-0.3, -0.25) is 0 Å². The number of hydrogen-bond donors (Lipinski definition) is 0. The van der Waals surface area contributed by atoms with E-state index in [4.69, 9.17) is 9.47 Å². The summed E-state index contributed by atoms with van der Waals surface area (Å²) in [6.07, 6.45) is 0. The maximum atomic E-state index is 12.0. The Morgan fingerprint density at radius 1 is 1.08 bits per heavy atom. The summed E-state index contributed by atoms with van der Waals surface area (Å²) < 4.78 is 11.8. The maximum absolute atomic E-state index is 12.0. The molecule has 5 heteroatoms. The predicted molar refractivity (Wildman–Crippen MR) is 95.0 cm³/mol. The van der Waals surface area contributed by atoms with E-state index in [0.29, 0.717) is 11.1 Å². The fraction of sp³-hybridized carbons (Fsp3) is 0.263. The summed E-state index contributed by atoms with van der Waals surface area (Å²) >= 11 is 0. The molecular formula is C19H22N2O3. The second-order valence-electron chi connectivity index (χ2n) is 4.97. The number of carbonyl (C=O) groups excluding carboxylic acids is 1. The molecule has 0 N–H and O–H groups in total. The fourth-order valence-electron chi connectivity index (χ4n) is 2.43. The van der Waals surface area contributed by atoms with Gasteiger partial charge in [0.25, 0.3) is 0 Å². The van der Waals surface area contributed by atoms with Crippen molar-refractivity contribution in [2.75, 3.05) is 14.2 Å². The van der Waals surface area contributed by atoms with Crippen molar-refractivity contribution >= 4 is 16.9 Å². The summed E-state index contributed by atoms with van der Waals surface area (Å²) in [5.41, 5.74) is 3.12. The minimum atomic E-state index is -0.468. The number of rotatable bonds is 3. The van der Waals surface area contributed by atoms with Crippen molar-refractivity contribution in [1.82, 2.24) is 9.78 Å². The summed E-state index contributed by atoms with van der Waals surface area (Å²) in [6.45, 7) is 6.01. The molecule has 126 valence electrons. The highest BCUT2D eigenvalue weighted by Gasteiger charge is 2.19. The van der Waals surface area contributed by atoms with Crippen LogP contribution in [0.1, 0.15) is 29.9 Å². The molecule has 0 unspecified atom stereocenters. The van der Waals surface area contributed by atoms with Crippen LogP contribution in [-0.4, -0.2) is 30.0 Å².